The third-order valence-electron chi connectivity index (χ3n) is 5.36. The van der Waals surface area contributed by atoms with Crippen LogP contribution in [0.15, 0.2) is 69.6 Å². The Morgan fingerprint density at radius 1 is 1.12 bits per heavy atom. The SMILES string of the molecule is COCCOC(=O)C1=C(C)N=c2s/c(=C/c3ccc(OC)cc3)c(=O)n2[C@@H]1c1ccc(Cl)cc1. The number of allylic oxidation sites excluding steroid dienone is 1. The Labute approximate surface area is 205 Å². The molecule has 0 saturated heterocycles. The fourth-order valence-electron chi connectivity index (χ4n) is 3.69. The molecule has 4 rings (SSSR count). The smallest absolute Gasteiger partial charge is 0.338 e. The molecule has 0 fully saturated rings. The second-order valence-electron chi connectivity index (χ2n) is 7.54. The molecule has 3 aromatic rings. The van der Waals surface area contributed by atoms with Crippen LogP contribution in [0.2, 0.25) is 5.02 Å². The summed E-state index contributed by atoms with van der Waals surface area (Å²) in [5.74, 6) is 0.191. The van der Waals surface area contributed by atoms with Gasteiger partial charge in [-0.15, -0.1) is 0 Å². The molecule has 2 heterocycles. The highest BCUT2D eigenvalue weighted by atomic mass is 35.5. The van der Waals surface area contributed by atoms with Crippen molar-refractivity contribution in [3.05, 3.63) is 95.6 Å². The molecule has 1 aliphatic rings. The predicted octanol–water partition coefficient (Wildman–Crippen LogP) is 3.09. The van der Waals surface area contributed by atoms with Crippen molar-refractivity contribution in [1.82, 2.24) is 4.57 Å². The fourth-order valence-corrected chi connectivity index (χ4v) is 4.86. The summed E-state index contributed by atoms with van der Waals surface area (Å²) in [5, 5.41) is 0.556. The Bertz CT molecular complexity index is 1410. The number of carbonyl (C=O) groups excluding carboxylic acids is 1. The summed E-state index contributed by atoms with van der Waals surface area (Å²) in [4.78, 5) is 31.7. The standard InChI is InChI=1S/C25H23ClN2O5S/c1-15-21(24(30)33-13-12-31-2)22(17-6-8-18(26)9-7-17)28-23(29)20(34-25(28)27-15)14-16-4-10-19(32-3)11-5-16/h4-11,14,22H,12-13H2,1-3H3/b20-14+/t22-/m1/s1. The molecule has 7 nitrogen and oxygen atoms in total. The van der Waals surface area contributed by atoms with E-state index in [0.29, 0.717) is 25.6 Å². The number of hydrogen-bond acceptors (Lipinski definition) is 7. The first-order chi connectivity index (χ1) is 16.4. The number of esters is 1. The maximum absolute atomic E-state index is 13.6. The van der Waals surface area contributed by atoms with Crippen LogP contribution in [0, 0.1) is 0 Å². The van der Waals surface area contributed by atoms with Crippen LogP contribution in [-0.4, -0.2) is 38.0 Å². The number of fused-ring (bicyclic) bond motifs is 1. The third-order valence-corrected chi connectivity index (χ3v) is 6.60. The van der Waals surface area contributed by atoms with Crippen LogP contribution >= 0.6 is 22.9 Å². The Morgan fingerprint density at radius 2 is 1.82 bits per heavy atom. The van der Waals surface area contributed by atoms with Crippen molar-refractivity contribution in [1.29, 1.82) is 0 Å². The average molecular weight is 499 g/mol. The number of benzene rings is 2. The fraction of sp³-hybridized carbons (Fsp3) is 0.240. The molecular formula is C25H23ClN2O5S. The van der Waals surface area contributed by atoms with Gasteiger partial charge < -0.3 is 14.2 Å². The van der Waals surface area contributed by atoms with E-state index in [4.69, 9.17) is 25.8 Å². The number of nitrogens with zero attached hydrogens (tertiary/aromatic N) is 2. The molecule has 1 aliphatic heterocycles. The Hall–Kier alpha value is -3.20. The van der Waals surface area contributed by atoms with Gasteiger partial charge in [0.2, 0.25) is 0 Å². The lowest BCUT2D eigenvalue weighted by Crippen LogP contribution is -2.40. The van der Waals surface area contributed by atoms with Gasteiger partial charge in [0.1, 0.15) is 12.4 Å². The molecule has 0 spiro atoms. The number of carbonyl (C=O) groups is 1. The first-order valence-corrected chi connectivity index (χ1v) is 11.7. The van der Waals surface area contributed by atoms with E-state index in [2.05, 4.69) is 4.99 Å². The van der Waals surface area contributed by atoms with E-state index in [-0.39, 0.29) is 18.8 Å². The van der Waals surface area contributed by atoms with Gasteiger partial charge in [0, 0.05) is 12.1 Å². The van der Waals surface area contributed by atoms with E-state index < -0.39 is 12.0 Å². The largest absolute Gasteiger partial charge is 0.497 e. The predicted molar refractivity (Wildman–Crippen MR) is 131 cm³/mol. The van der Waals surface area contributed by atoms with Crippen molar-refractivity contribution in [3.8, 4) is 5.75 Å². The lowest BCUT2D eigenvalue weighted by Gasteiger charge is -2.24. The van der Waals surface area contributed by atoms with Crippen molar-refractivity contribution in [2.75, 3.05) is 27.4 Å². The van der Waals surface area contributed by atoms with Crippen LogP contribution < -0.4 is 19.6 Å². The molecule has 176 valence electrons. The minimum absolute atomic E-state index is 0.0986. The van der Waals surface area contributed by atoms with Gasteiger partial charge in [0.05, 0.1) is 35.6 Å². The normalized spacial score (nSPS) is 15.6. The van der Waals surface area contributed by atoms with E-state index in [9.17, 15) is 9.59 Å². The lowest BCUT2D eigenvalue weighted by atomic mass is 9.96. The van der Waals surface area contributed by atoms with Crippen molar-refractivity contribution in [3.63, 3.8) is 0 Å². The second kappa shape index (κ2) is 10.4. The van der Waals surface area contributed by atoms with Crippen molar-refractivity contribution in [2.24, 2.45) is 4.99 Å². The highest BCUT2D eigenvalue weighted by molar-refractivity contribution is 7.07. The van der Waals surface area contributed by atoms with E-state index in [0.717, 1.165) is 16.9 Å². The molecule has 0 N–H and O–H groups in total. The summed E-state index contributed by atoms with van der Waals surface area (Å²) < 4.78 is 17.6. The van der Waals surface area contributed by atoms with Crippen LogP contribution in [-0.2, 0) is 14.3 Å². The molecule has 2 aromatic carbocycles. The number of halogens is 1. The summed E-state index contributed by atoms with van der Waals surface area (Å²) in [5.41, 5.74) is 2.15. The molecule has 0 bridgehead atoms. The Kier molecular flexibility index (Phi) is 7.31. The number of ether oxygens (including phenoxy) is 3. The van der Waals surface area contributed by atoms with Crippen molar-refractivity contribution >= 4 is 35.0 Å². The van der Waals surface area contributed by atoms with Gasteiger partial charge in [-0.1, -0.05) is 47.2 Å². The molecule has 34 heavy (non-hydrogen) atoms. The lowest BCUT2D eigenvalue weighted by molar-refractivity contribution is -0.140. The average Bonchev–Trinajstić information content (AvgIpc) is 3.13. The monoisotopic (exact) mass is 498 g/mol. The third kappa shape index (κ3) is 4.84. The van der Waals surface area contributed by atoms with Gasteiger partial charge in [-0.25, -0.2) is 9.79 Å². The highest BCUT2D eigenvalue weighted by Gasteiger charge is 2.33. The Morgan fingerprint density at radius 3 is 2.47 bits per heavy atom. The molecule has 0 amide bonds. The summed E-state index contributed by atoms with van der Waals surface area (Å²) in [6.45, 7) is 2.11. The Balaban J connectivity index is 1.85. The van der Waals surface area contributed by atoms with Crippen molar-refractivity contribution in [2.45, 2.75) is 13.0 Å². The van der Waals surface area contributed by atoms with Crippen molar-refractivity contribution < 1.29 is 19.0 Å². The van der Waals surface area contributed by atoms with Gasteiger partial charge in [-0.05, 0) is 48.4 Å². The molecular weight excluding hydrogens is 476 g/mol. The number of aromatic nitrogens is 1. The number of rotatable bonds is 7. The zero-order valence-electron chi connectivity index (χ0n) is 18.9. The molecule has 0 unspecified atom stereocenters. The summed E-state index contributed by atoms with van der Waals surface area (Å²) >= 11 is 7.37. The zero-order chi connectivity index (χ0) is 24.2. The summed E-state index contributed by atoms with van der Waals surface area (Å²) in [6, 6.07) is 13.8. The van der Waals surface area contributed by atoms with Gasteiger partial charge in [0.25, 0.3) is 5.56 Å². The minimum atomic E-state index is -0.693. The molecule has 1 aromatic heterocycles. The molecule has 0 aliphatic carbocycles. The second-order valence-corrected chi connectivity index (χ2v) is 8.98. The van der Waals surface area contributed by atoms with E-state index in [1.54, 1.807) is 48.9 Å². The van der Waals surface area contributed by atoms with Crippen LogP contribution in [0.25, 0.3) is 6.08 Å². The van der Waals surface area contributed by atoms with Gasteiger partial charge >= 0.3 is 5.97 Å². The molecule has 0 radical (unpaired) electrons. The van der Waals surface area contributed by atoms with Crippen LogP contribution in [0.1, 0.15) is 24.1 Å². The molecule has 9 heteroatoms. The summed E-state index contributed by atoms with van der Waals surface area (Å²) in [6.07, 6.45) is 1.80. The van der Waals surface area contributed by atoms with Gasteiger partial charge in [-0.3, -0.25) is 9.36 Å². The van der Waals surface area contributed by atoms with Crippen LogP contribution in [0.3, 0.4) is 0 Å². The highest BCUT2D eigenvalue weighted by Crippen LogP contribution is 2.31. The number of thiazole rings is 1. The first-order valence-electron chi connectivity index (χ1n) is 10.5. The van der Waals surface area contributed by atoms with Gasteiger partial charge in [0.15, 0.2) is 4.80 Å². The number of methoxy groups -OCH3 is 2. The quantitative estimate of drug-likeness (QED) is 0.369. The zero-order valence-corrected chi connectivity index (χ0v) is 20.5. The van der Waals surface area contributed by atoms with E-state index >= 15 is 0 Å². The maximum atomic E-state index is 13.6. The molecule has 0 saturated carbocycles. The molecule has 1 atom stereocenters. The van der Waals surface area contributed by atoms with Gasteiger partial charge in [-0.2, -0.15) is 0 Å². The van der Waals surface area contributed by atoms with Crippen LogP contribution in [0.4, 0.5) is 0 Å². The van der Waals surface area contributed by atoms with Crippen LogP contribution in [0.5, 0.6) is 5.75 Å². The van der Waals surface area contributed by atoms with E-state index in [1.807, 2.05) is 24.3 Å². The minimum Gasteiger partial charge on any atom is -0.497 e. The summed E-state index contributed by atoms with van der Waals surface area (Å²) in [7, 11) is 3.13. The number of hydrogen-bond donors (Lipinski definition) is 0. The maximum Gasteiger partial charge on any atom is 0.338 e. The van der Waals surface area contributed by atoms with E-state index in [1.165, 1.54) is 18.4 Å². The first kappa shape index (κ1) is 23.9. The topological polar surface area (TPSA) is 79.1 Å².